The summed E-state index contributed by atoms with van der Waals surface area (Å²) in [6.07, 6.45) is 7.19. The monoisotopic (exact) mass is 479 g/mol. The predicted molar refractivity (Wildman–Crippen MR) is 142 cm³/mol. The second-order valence-corrected chi connectivity index (χ2v) is 8.91. The normalized spacial score (nSPS) is 14.4. The number of H-pyrrole nitrogens is 2. The lowest BCUT2D eigenvalue weighted by atomic mass is 10.1. The van der Waals surface area contributed by atoms with Gasteiger partial charge in [0.15, 0.2) is 11.5 Å². The molecule has 1 aromatic carbocycles. The molecule has 0 aliphatic carbocycles. The number of nitrogens with one attached hydrogen (secondary N) is 2. The van der Waals surface area contributed by atoms with Crippen molar-refractivity contribution in [2.45, 2.75) is 13.0 Å². The Bertz CT molecular complexity index is 1620. The molecule has 36 heavy (non-hydrogen) atoms. The molecule has 11 heteroatoms. The Morgan fingerprint density at radius 2 is 2.11 bits per heavy atom. The summed E-state index contributed by atoms with van der Waals surface area (Å²) in [7, 11) is 1.94. The van der Waals surface area contributed by atoms with Crippen LogP contribution in [0.3, 0.4) is 0 Å². The number of aromatic nitrogens is 7. The number of aliphatic imine (C=N–C) groups is 1. The molecule has 0 saturated carbocycles. The number of rotatable bonds is 6. The van der Waals surface area contributed by atoms with Crippen LogP contribution >= 0.6 is 0 Å². The highest BCUT2D eigenvalue weighted by Crippen LogP contribution is 2.32. The van der Waals surface area contributed by atoms with Crippen molar-refractivity contribution < 1.29 is 0 Å². The van der Waals surface area contributed by atoms with Crippen LogP contribution in [0.25, 0.3) is 44.8 Å². The zero-order valence-corrected chi connectivity index (χ0v) is 20.0. The maximum absolute atomic E-state index is 5.93. The molecule has 0 spiro atoms. The van der Waals surface area contributed by atoms with Gasteiger partial charge in [-0.3, -0.25) is 15.1 Å². The van der Waals surface area contributed by atoms with E-state index in [0.717, 1.165) is 58.0 Å². The lowest BCUT2D eigenvalue weighted by molar-refractivity contribution is 0.514. The van der Waals surface area contributed by atoms with Crippen molar-refractivity contribution in [3.05, 3.63) is 54.8 Å². The summed E-state index contributed by atoms with van der Waals surface area (Å²) in [6.45, 7) is 7.06. The molecular formula is C25H25N11. The Hall–Kier alpha value is -4.64. The van der Waals surface area contributed by atoms with Gasteiger partial charge in [-0.05, 0) is 31.8 Å². The van der Waals surface area contributed by atoms with Gasteiger partial charge in [0, 0.05) is 49.5 Å². The number of anilines is 2. The Labute approximate surface area is 206 Å². The molecular weight excluding hydrogens is 454 g/mol. The third-order valence-corrected chi connectivity index (χ3v) is 6.31. The van der Waals surface area contributed by atoms with E-state index in [1.54, 1.807) is 18.6 Å². The number of nitrogens with two attached hydrogens (primary N) is 1. The number of imidazole rings is 1. The lowest BCUT2D eigenvalue weighted by Gasteiger charge is -2.37. The molecule has 4 aromatic heterocycles. The van der Waals surface area contributed by atoms with Gasteiger partial charge in [-0.25, -0.2) is 15.0 Å². The number of nitrogens with zero attached hydrogens (tertiary/aromatic N) is 8. The highest BCUT2D eigenvalue weighted by atomic mass is 15.3. The van der Waals surface area contributed by atoms with Crippen LogP contribution in [0, 0.1) is 0 Å². The Morgan fingerprint density at radius 3 is 2.92 bits per heavy atom. The van der Waals surface area contributed by atoms with Crippen molar-refractivity contribution in [1.29, 1.82) is 0 Å². The van der Waals surface area contributed by atoms with Crippen LogP contribution in [0.2, 0.25) is 0 Å². The van der Waals surface area contributed by atoms with Crippen molar-refractivity contribution in [1.82, 2.24) is 35.1 Å². The molecule has 0 unspecified atom stereocenters. The van der Waals surface area contributed by atoms with Crippen LogP contribution < -0.4 is 15.5 Å². The summed E-state index contributed by atoms with van der Waals surface area (Å²) in [4.78, 5) is 29.9. The third kappa shape index (κ3) is 3.75. The summed E-state index contributed by atoms with van der Waals surface area (Å²) >= 11 is 0. The molecule has 1 aliphatic heterocycles. The lowest BCUT2D eigenvalue weighted by Crippen LogP contribution is -2.56. The highest BCUT2D eigenvalue weighted by Gasteiger charge is 2.25. The molecule has 1 aliphatic rings. The molecule has 180 valence electrons. The van der Waals surface area contributed by atoms with Gasteiger partial charge in [-0.1, -0.05) is 6.07 Å². The number of benzene rings is 1. The van der Waals surface area contributed by atoms with Gasteiger partial charge in [-0.15, -0.1) is 0 Å². The maximum Gasteiger partial charge on any atom is 0.161 e. The van der Waals surface area contributed by atoms with Gasteiger partial charge in [0.05, 0.1) is 35.0 Å². The zero-order valence-electron chi connectivity index (χ0n) is 20.0. The number of allylic oxidation sites excluding steroid dienone is 1. The smallest absolute Gasteiger partial charge is 0.161 e. The van der Waals surface area contributed by atoms with Crippen molar-refractivity contribution in [2.24, 2.45) is 10.7 Å². The van der Waals surface area contributed by atoms with Crippen LogP contribution in [0.15, 0.2) is 59.7 Å². The first kappa shape index (κ1) is 21.9. The maximum atomic E-state index is 5.93. The van der Waals surface area contributed by atoms with Crippen LogP contribution in [-0.4, -0.2) is 68.0 Å². The predicted octanol–water partition coefficient (Wildman–Crippen LogP) is 3.10. The first-order valence-electron chi connectivity index (χ1n) is 11.5. The second-order valence-electron chi connectivity index (χ2n) is 8.91. The number of aromatic amines is 2. The Kier molecular flexibility index (Phi) is 5.19. The molecule has 0 atom stereocenters. The van der Waals surface area contributed by atoms with E-state index in [9.17, 15) is 0 Å². The highest BCUT2D eigenvalue weighted by molar-refractivity contribution is 5.96. The van der Waals surface area contributed by atoms with E-state index in [0.29, 0.717) is 17.2 Å². The van der Waals surface area contributed by atoms with E-state index in [-0.39, 0.29) is 6.04 Å². The van der Waals surface area contributed by atoms with Gasteiger partial charge in [0.25, 0.3) is 0 Å². The van der Waals surface area contributed by atoms with Gasteiger partial charge < -0.3 is 20.5 Å². The van der Waals surface area contributed by atoms with Crippen molar-refractivity contribution in [2.75, 3.05) is 29.9 Å². The summed E-state index contributed by atoms with van der Waals surface area (Å²) in [5, 5.41) is 8.58. The summed E-state index contributed by atoms with van der Waals surface area (Å²) in [5.41, 5.74) is 12.4. The van der Waals surface area contributed by atoms with Crippen molar-refractivity contribution in [3.63, 3.8) is 0 Å². The summed E-state index contributed by atoms with van der Waals surface area (Å²) < 4.78 is 0. The number of fused-ring (bicyclic) bond motifs is 2. The van der Waals surface area contributed by atoms with E-state index in [2.05, 4.69) is 47.8 Å². The first-order chi connectivity index (χ1) is 17.5. The fourth-order valence-corrected chi connectivity index (χ4v) is 4.39. The minimum Gasteiger partial charge on any atom is -0.352 e. The average Bonchev–Trinajstić information content (AvgIpc) is 3.50. The molecule has 0 amide bonds. The number of hydrogen-bond donors (Lipinski definition) is 3. The fourth-order valence-electron chi connectivity index (χ4n) is 4.39. The van der Waals surface area contributed by atoms with Gasteiger partial charge in [0.2, 0.25) is 0 Å². The molecule has 1 fully saturated rings. The van der Waals surface area contributed by atoms with E-state index in [4.69, 9.17) is 15.7 Å². The molecule has 0 radical (unpaired) electrons. The Morgan fingerprint density at radius 1 is 1.25 bits per heavy atom. The van der Waals surface area contributed by atoms with Gasteiger partial charge >= 0.3 is 0 Å². The van der Waals surface area contributed by atoms with E-state index in [1.165, 1.54) is 0 Å². The molecule has 6 rings (SSSR count). The largest absolute Gasteiger partial charge is 0.352 e. The Balaban J connectivity index is 1.40. The number of hydrogen-bond acceptors (Lipinski definition) is 9. The second kappa shape index (κ2) is 8.54. The van der Waals surface area contributed by atoms with E-state index in [1.807, 2.05) is 43.3 Å². The van der Waals surface area contributed by atoms with Crippen LogP contribution in [0.5, 0.6) is 0 Å². The summed E-state index contributed by atoms with van der Waals surface area (Å²) in [6, 6.07) is 8.16. The number of pyridine rings is 1. The third-order valence-electron chi connectivity index (χ3n) is 6.31. The standard InChI is InChI=1S/C25H25N11/c1-14(27-2)11-35(3)20-6-7-29-24-23(20)31-25(32-24)22-17-8-15(4-5-18(17)33-34-22)19-9-28-10-21(30-19)36-12-16(26)13-36/h4-11,16H,2,12-13,26H2,1,3H3,(H,33,34)(H,29,31,32)/b14-11-. The molecule has 1 saturated heterocycles. The van der Waals surface area contributed by atoms with E-state index >= 15 is 0 Å². The molecule has 5 heterocycles. The minimum absolute atomic E-state index is 0.192. The molecule has 0 bridgehead atoms. The fraction of sp³-hybridized carbons (Fsp3) is 0.200. The topological polar surface area (TPSA) is 141 Å². The van der Waals surface area contributed by atoms with Crippen molar-refractivity contribution >= 4 is 40.3 Å². The molecule has 11 nitrogen and oxygen atoms in total. The SMILES string of the molecule is C=N/C(C)=C\N(C)c1ccnc2[nH]c(-c3n[nH]c4ccc(-c5cncc(N6CC(N)C6)n5)cc34)nc12. The first-order valence-corrected chi connectivity index (χ1v) is 11.5. The molecule has 5 aromatic rings. The quantitative estimate of drug-likeness (QED) is 0.316. The van der Waals surface area contributed by atoms with E-state index < -0.39 is 0 Å². The summed E-state index contributed by atoms with van der Waals surface area (Å²) in [5.74, 6) is 1.45. The minimum atomic E-state index is 0.192. The van der Waals surface area contributed by atoms with Crippen LogP contribution in [0.4, 0.5) is 11.5 Å². The van der Waals surface area contributed by atoms with Crippen molar-refractivity contribution in [3.8, 4) is 22.8 Å². The molecule has 4 N–H and O–H groups in total. The van der Waals surface area contributed by atoms with Crippen LogP contribution in [0.1, 0.15) is 6.92 Å². The van der Waals surface area contributed by atoms with Gasteiger partial charge in [-0.2, -0.15) is 5.10 Å². The van der Waals surface area contributed by atoms with Gasteiger partial charge in [0.1, 0.15) is 17.0 Å². The van der Waals surface area contributed by atoms with Crippen LogP contribution in [-0.2, 0) is 0 Å². The average molecular weight is 480 g/mol. The zero-order chi connectivity index (χ0) is 24.8.